The van der Waals surface area contributed by atoms with Crippen molar-refractivity contribution in [3.63, 3.8) is 0 Å². The number of nitrogens with zero attached hydrogens (tertiary/aromatic N) is 2. The molecule has 0 spiro atoms. The van der Waals surface area contributed by atoms with Gasteiger partial charge in [0.25, 0.3) is 5.91 Å². The number of fused-ring (bicyclic) bond motifs is 10. The van der Waals surface area contributed by atoms with Crippen LogP contribution in [0.3, 0.4) is 0 Å². The minimum atomic E-state index is -6.25. The number of amides is 1. The van der Waals surface area contributed by atoms with Gasteiger partial charge >= 0.3 is 183 Å². The van der Waals surface area contributed by atoms with E-state index in [4.69, 9.17) is 29.7 Å². The molecule has 424 valence electrons. The summed E-state index contributed by atoms with van der Waals surface area (Å²) >= 11 is 0. The van der Waals surface area contributed by atoms with Crippen molar-refractivity contribution in [2.45, 2.75) is 102 Å². The summed E-state index contributed by atoms with van der Waals surface area (Å²) in [5.74, 6) is 5.03. The molecule has 1 saturated heterocycles. The molecule has 81 heavy (non-hydrogen) atoms. The number of H-pyrrole nitrogens is 1. The third kappa shape index (κ3) is 10.3. The Morgan fingerprint density at radius 1 is 0.852 bits per heavy atom. The van der Waals surface area contributed by atoms with Gasteiger partial charge in [0.1, 0.15) is 11.5 Å². The van der Waals surface area contributed by atoms with E-state index in [1.54, 1.807) is 12.1 Å². The molecule has 10 rings (SSSR count). The van der Waals surface area contributed by atoms with Gasteiger partial charge in [0.15, 0.2) is 0 Å². The molecule has 6 N–H and O–H groups in total. The normalized spacial score (nSPS) is 19.9. The number of nitrogens with one attached hydrogen (secondary N) is 3. The number of carboxylic acids is 1. The molecule has 0 radical (unpaired) electrons. The molecule has 4 aliphatic rings. The molecule has 1 aromatic heterocycles. The Hall–Kier alpha value is -7.02. The van der Waals surface area contributed by atoms with Gasteiger partial charge in [0.05, 0.1) is 16.5 Å². The largest absolute Gasteiger partial charge is 0.478 e. The van der Waals surface area contributed by atoms with E-state index in [1.807, 2.05) is 24.3 Å². The van der Waals surface area contributed by atoms with Crippen LogP contribution >= 0.6 is 21.2 Å². The van der Waals surface area contributed by atoms with Crippen LogP contribution < -0.4 is 37.2 Å². The number of carboxylic acid groups (broad SMARTS) is 1. The van der Waals surface area contributed by atoms with Crippen LogP contribution in [0, 0.1) is 11.8 Å². The molecule has 0 saturated carbocycles. The third-order valence-corrected chi connectivity index (χ3v) is 26.5. The van der Waals surface area contributed by atoms with E-state index in [0.29, 0.717) is 33.4 Å². The van der Waals surface area contributed by atoms with Crippen LogP contribution in [0.5, 0.6) is 11.5 Å². The van der Waals surface area contributed by atoms with Gasteiger partial charge in [0.2, 0.25) is 0 Å². The zero-order valence-corrected chi connectivity index (χ0v) is 47.3. The number of carbonyl (C=O) groups is 2. The van der Waals surface area contributed by atoms with Gasteiger partial charge in [0, 0.05) is 50.5 Å². The maximum Gasteiger partial charge on any atom is 0.336 e. The molecule has 0 aliphatic carbocycles. The summed E-state index contributed by atoms with van der Waals surface area (Å²) in [6, 6.07) is 20.9. The van der Waals surface area contributed by atoms with Crippen molar-refractivity contribution in [3.05, 3.63) is 143 Å². The first-order valence-corrected chi connectivity index (χ1v) is 31.8. The number of ether oxygens (including phenoxy) is 3. The minimum absolute atomic E-state index is 0.0229. The Morgan fingerprint density at radius 3 is 2.23 bits per heavy atom. The summed E-state index contributed by atoms with van der Waals surface area (Å²) in [4.78, 5) is 59.8. The van der Waals surface area contributed by atoms with Gasteiger partial charge < -0.3 is 20.5 Å². The van der Waals surface area contributed by atoms with Crippen LogP contribution in [-0.4, -0.2) is 80.2 Å². The van der Waals surface area contributed by atoms with Crippen LogP contribution in [0.2, 0.25) is 0 Å². The first-order chi connectivity index (χ1) is 38.5. The number of aromatic carboxylic acids is 1. The number of carbonyl (C=O) groups excluding carboxylic acids is 1. The van der Waals surface area contributed by atoms with Crippen molar-refractivity contribution in [2.75, 3.05) is 31.2 Å². The molecular weight excluding hydrogens is 1110 g/mol. The monoisotopic (exact) mass is 1170 g/mol. The zero-order valence-electron chi connectivity index (χ0n) is 44.6. The average Bonchev–Trinajstić information content (AvgIpc) is 3.36. The van der Waals surface area contributed by atoms with Crippen LogP contribution in [-0.2, 0) is 47.2 Å². The van der Waals surface area contributed by atoms with Crippen molar-refractivity contribution in [3.8, 4) is 23.3 Å². The number of hydrogen-bond acceptors (Lipinski definition) is 19. The molecule has 4 unspecified atom stereocenters. The summed E-state index contributed by atoms with van der Waals surface area (Å²) in [5, 5.41) is 47.4. The van der Waals surface area contributed by atoms with E-state index in [1.165, 1.54) is 11.6 Å². The smallest absolute Gasteiger partial charge is 0.336 e. The molecule has 0 bridgehead atoms. The summed E-state index contributed by atoms with van der Waals surface area (Å²) in [6.45, 7) is 12.8. The van der Waals surface area contributed by atoms with Crippen LogP contribution in [0.25, 0.3) is 27.1 Å². The summed E-state index contributed by atoms with van der Waals surface area (Å²) in [5.41, 5.74) is 2.71. The van der Waals surface area contributed by atoms with Crippen LogP contribution in [0.15, 0.2) is 87.5 Å². The molecule has 5 heterocycles. The molecule has 5 aromatic carbocycles. The predicted octanol–water partition coefficient (Wildman–Crippen LogP) is 9.37. The molecule has 1 amide bonds. The number of rotatable bonds is 16. The van der Waals surface area contributed by atoms with Gasteiger partial charge in [-0.3, -0.25) is 9.79 Å². The van der Waals surface area contributed by atoms with E-state index < -0.39 is 62.8 Å². The fraction of sp³-hybridized carbons (Fsp3) is 0.364. The number of anilines is 1. The number of aromatic nitrogens is 2. The number of benzene rings is 5. The molecule has 6 aromatic rings. The predicted molar refractivity (Wildman–Crippen MR) is 294 cm³/mol. The summed E-state index contributed by atoms with van der Waals surface area (Å²) in [6.07, 6.45) is -7.30. The maximum absolute atomic E-state index is 13.7. The van der Waals surface area contributed by atoms with Crippen molar-refractivity contribution < 1.29 is 77.1 Å². The second-order valence-corrected chi connectivity index (χ2v) is 33.3. The topological polar surface area (TPSA) is 319 Å². The van der Waals surface area contributed by atoms with E-state index in [-0.39, 0.29) is 72.2 Å². The SMILES string of the molecule is CC1CC(C)(C)Nc2ccc3c4c(ccc3c21)C(c1ccc(C(=O)NCCOCC#Cc2cn(C3CCC(CP(OOO)(OOO)(P(=O)=O)P(=O)=O)O3)c(=O)[nH]c2=O)cc1C(=O)O)=c1ccc2c3c(ccc2c1O4)=NC(C)(C)CC3C. The third-order valence-electron chi connectivity index (χ3n) is 15.2. The van der Waals surface area contributed by atoms with E-state index in [0.717, 1.165) is 61.8 Å². The van der Waals surface area contributed by atoms with Gasteiger partial charge in [-0.1, -0.05) is 32.0 Å². The number of hydrogen-bond donors (Lipinski definition) is 6. The Morgan fingerprint density at radius 2 is 1.52 bits per heavy atom. The summed E-state index contributed by atoms with van der Waals surface area (Å²) in [7, 11) is -8.60. The van der Waals surface area contributed by atoms with E-state index in [9.17, 15) is 42.5 Å². The van der Waals surface area contributed by atoms with Crippen molar-refractivity contribution in [1.29, 1.82) is 0 Å². The Labute approximate surface area is 461 Å². The van der Waals surface area contributed by atoms with Gasteiger partial charge in [-0.15, -0.1) is 0 Å². The maximum atomic E-state index is 13.7. The zero-order chi connectivity index (χ0) is 57.9. The molecule has 1 fully saturated rings. The molecule has 4 aliphatic heterocycles. The fourth-order valence-corrected chi connectivity index (χ4v) is 18.4. The first kappa shape index (κ1) is 57.2. The summed E-state index contributed by atoms with van der Waals surface area (Å²) < 4.78 is 76.9. The average molecular weight is 1170 g/mol. The Balaban J connectivity index is 0.883. The van der Waals surface area contributed by atoms with Crippen molar-refractivity contribution >= 4 is 65.9 Å². The first-order valence-electron chi connectivity index (χ1n) is 25.8. The Bertz CT molecular complexity index is 4080. The van der Waals surface area contributed by atoms with Crippen molar-refractivity contribution in [2.24, 2.45) is 4.99 Å². The van der Waals surface area contributed by atoms with Gasteiger partial charge in [-0.2, -0.15) is 0 Å². The second-order valence-electron chi connectivity index (χ2n) is 21.9. The molecule has 26 heteroatoms. The minimum Gasteiger partial charge on any atom is -0.478 e. The molecule has 4 atom stereocenters. The second kappa shape index (κ2) is 21.7. The van der Waals surface area contributed by atoms with E-state index >= 15 is 0 Å². The number of aromatic amines is 1. The fourth-order valence-electron chi connectivity index (χ4n) is 12.0. The quantitative estimate of drug-likeness (QED) is 0.0172. The van der Waals surface area contributed by atoms with Crippen LogP contribution in [0.1, 0.15) is 134 Å². The van der Waals surface area contributed by atoms with Crippen LogP contribution in [0.4, 0.5) is 5.69 Å². The molecule has 23 nitrogen and oxygen atoms in total. The van der Waals surface area contributed by atoms with Gasteiger partial charge in [-0.25, -0.2) is 4.79 Å². The Kier molecular flexibility index (Phi) is 15.3. The van der Waals surface area contributed by atoms with Crippen molar-refractivity contribution in [1.82, 2.24) is 14.9 Å². The molecular formula is C55H56N5O18P3. The van der Waals surface area contributed by atoms with Gasteiger partial charge in [-0.05, 0) is 128 Å². The van der Waals surface area contributed by atoms with E-state index in [2.05, 4.69) is 113 Å². The standard InChI is InChI=1S/C55H56N5O18P3/c1-29-25-54(3,4)58-42-18-16-37-34(45(29)42)12-14-39-47(40-15-13-35-38(49(40)74-48(37)39)17-19-43-46(35)30(2)26-55(5,6)59-43)36-11-9-31(24-41(36)52(63)64)50(61)56-21-23-72-22-7-8-32-27-60(53(65)57-51(32)62)44-20-10-33(73-44)28-81(77-75-66,78-76-67,79(68)69)80(70)71/h9,11-19,24,27,29-30,33,44,58,66-67H,10,20-23,25-26,28H2,1-6H3,(H,56,61)(H,63,64)(H,57,62,65).